The first-order valence-corrected chi connectivity index (χ1v) is 7.29. The van der Waals surface area contributed by atoms with E-state index >= 15 is 0 Å². The molecular weight excluding hydrogens is 356 g/mol. The number of rotatable bonds is 8. The van der Waals surface area contributed by atoms with Gasteiger partial charge in [-0.25, -0.2) is 13.6 Å². The van der Waals surface area contributed by atoms with E-state index in [1.807, 2.05) is 5.32 Å². The van der Waals surface area contributed by atoms with Crippen molar-refractivity contribution in [2.45, 2.75) is 0 Å². The summed E-state index contributed by atoms with van der Waals surface area (Å²) in [6.07, 6.45) is 0. The highest BCUT2D eigenvalue weighted by molar-refractivity contribution is 5.97. The molecule has 11 heteroatoms. The zero-order valence-electron chi connectivity index (χ0n) is 13.8. The van der Waals surface area contributed by atoms with Gasteiger partial charge in [0.1, 0.15) is 18.2 Å². The summed E-state index contributed by atoms with van der Waals surface area (Å²) in [5.74, 6) is -4.77. The van der Waals surface area contributed by atoms with Crippen LogP contribution in [0.3, 0.4) is 0 Å². The molecule has 0 unspecified atom stereocenters. The fraction of sp³-hybridized carbons (Fsp3) is 0.333. The number of benzene rings is 1. The fourth-order valence-corrected chi connectivity index (χ4v) is 1.59. The van der Waals surface area contributed by atoms with Crippen molar-refractivity contribution < 1.29 is 37.4 Å². The Balaban J connectivity index is 2.30. The zero-order valence-corrected chi connectivity index (χ0v) is 13.8. The third kappa shape index (κ3) is 7.66. The number of esters is 1. The van der Waals surface area contributed by atoms with Crippen molar-refractivity contribution in [3.8, 4) is 0 Å². The molecule has 1 rings (SSSR count). The number of methoxy groups -OCH3 is 1. The number of nitrogens with one attached hydrogen (secondary N) is 3. The van der Waals surface area contributed by atoms with Gasteiger partial charge in [0.05, 0.1) is 12.2 Å². The van der Waals surface area contributed by atoms with Crippen molar-refractivity contribution in [3.63, 3.8) is 0 Å². The van der Waals surface area contributed by atoms with Gasteiger partial charge in [0, 0.05) is 19.7 Å². The second kappa shape index (κ2) is 10.7. The van der Waals surface area contributed by atoms with Crippen molar-refractivity contribution in [2.24, 2.45) is 0 Å². The first kappa shape index (κ1) is 21.0. The molecule has 1 aromatic carbocycles. The minimum atomic E-state index is -1.09. The van der Waals surface area contributed by atoms with Crippen LogP contribution in [0.1, 0.15) is 10.4 Å². The minimum Gasteiger partial charge on any atom is -0.454 e. The van der Waals surface area contributed by atoms with Crippen LogP contribution in [-0.2, 0) is 19.1 Å². The largest absolute Gasteiger partial charge is 0.454 e. The molecule has 0 heterocycles. The van der Waals surface area contributed by atoms with Crippen LogP contribution < -0.4 is 16.0 Å². The number of carbonyl (C=O) groups excluding carboxylic acids is 4. The summed E-state index contributed by atoms with van der Waals surface area (Å²) in [5.41, 5.74) is -0.454. The molecule has 0 saturated heterocycles. The predicted molar refractivity (Wildman–Crippen MR) is 83.1 cm³/mol. The van der Waals surface area contributed by atoms with Crippen LogP contribution in [0, 0.1) is 11.6 Å². The van der Waals surface area contributed by atoms with Crippen LogP contribution in [0.2, 0.25) is 0 Å². The molecule has 0 spiro atoms. The van der Waals surface area contributed by atoms with E-state index in [-0.39, 0.29) is 13.2 Å². The van der Waals surface area contributed by atoms with E-state index in [0.717, 1.165) is 12.1 Å². The van der Waals surface area contributed by atoms with Crippen molar-refractivity contribution in [2.75, 3.05) is 33.4 Å². The van der Waals surface area contributed by atoms with Crippen LogP contribution in [-0.4, -0.2) is 57.2 Å². The number of imide groups is 1. The van der Waals surface area contributed by atoms with E-state index in [1.165, 1.54) is 7.11 Å². The van der Waals surface area contributed by atoms with Crippen LogP contribution in [0.25, 0.3) is 0 Å². The number of urea groups is 1. The lowest BCUT2D eigenvalue weighted by Crippen LogP contribution is -2.42. The van der Waals surface area contributed by atoms with Gasteiger partial charge in [-0.05, 0) is 12.1 Å². The lowest BCUT2D eigenvalue weighted by Gasteiger charge is -2.08. The van der Waals surface area contributed by atoms with E-state index in [1.54, 1.807) is 0 Å². The zero-order chi connectivity index (χ0) is 19.5. The number of hydrogen-bond acceptors (Lipinski definition) is 6. The molecule has 0 radical (unpaired) electrons. The lowest BCUT2D eigenvalue weighted by molar-refractivity contribution is -0.147. The van der Waals surface area contributed by atoms with Gasteiger partial charge in [0.25, 0.3) is 11.8 Å². The molecule has 0 aliphatic heterocycles. The SMILES string of the molecule is COCCNC(=O)NC(=O)COC(=O)CNC(=O)c1ccc(F)cc1F. The molecular formula is C15H17F2N3O6. The van der Waals surface area contributed by atoms with Crippen molar-refractivity contribution >= 4 is 23.8 Å². The molecule has 26 heavy (non-hydrogen) atoms. The van der Waals surface area contributed by atoms with E-state index < -0.39 is 54.2 Å². The highest BCUT2D eigenvalue weighted by atomic mass is 19.1. The maximum absolute atomic E-state index is 13.4. The Morgan fingerprint density at radius 1 is 1.12 bits per heavy atom. The summed E-state index contributed by atoms with van der Waals surface area (Å²) < 4.78 is 35.4. The number of amides is 4. The summed E-state index contributed by atoms with van der Waals surface area (Å²) in [5, 5.41) is 6.27. The van der Waals surface area contributed by atoms with Crippen LogP contribution >= 0.6 is 0 Å². The second-order valence-corrected chi connectivity index (χ2v) is 4.76. The number of halogens is 2. The van der Waals surface area contributed by atoms with Gasteiger partial charge in [-0.2, -0.15) is 0 Å². The van der Waals surface area contributed by atoms with Gasteiger partial charge in [-0.3, -0.25) is 19.7 Å². The molecule has 0 aliphatic rings. The number of carbonyl (C=O) groups is 4. The summed E-state index contributed by atoms with van der Waals surface area (Å²) in [7, 11) is 1.44. The average molecular weight is 373 g/mol. The second-order valence-electron chi connectivity index (χ2n) is 4.76. The van der Waals surface area contributed by atoms with Crippen molar-refractivity contribution in [1.29, 1.82) is 0 Å². The maximum atomic E-state index is 13.4. The smallest absolute Gasteiger partial charge is 0.325 e. The molecule has 0 aliphatic carbocycles. The lowest BCUT2D eigenvalue weighted by atomic mass is 10.2. The van der Waals surface area contributed by atoms with Gasteiger partial charge in [-0.15, -0.1) is 0 Å². The Kier molecular flexibility index (Phi) is 8.64. The quantitative estimate of drug-likeness (QED) is 0.425. The number of hydrogen-bond donors (Lipinski definition) is 3. The van der Waals surface area contributed by atoms with Gasteiger partial charge < -0.3 is 20.1 Å². The normalized spacial score (nSPS) is 9.96. The molecule has 0 bridgehead atoms. The van der Waals surface area contributed by atoms with Crippen LogP contribution in [0.4, 0.5) is 13.6 Å². The Morgan fingerprint density at radius 2 is 1.85 bits per heavy atom. The fourth-order valence-electron chi connectivity index (χ4n) is 1.59. The topological polar surface area (TPSA) is 123 Å². The van der Waals surface area contributed by atoms with Gasteiger partial charge in [0.15, 0.2) is 6.61 Å². The minimum absolute atomic E-state index is 0.182. The van der Waals surface area contributed by atoms with E-state index in [4.69, 9.17) is 4.74 Å². The third-order valence-electron chi connectivity index (χ3n) is 2.78. The van der Waals surface area contributed by atoms with Gasteiger partial charge in [0.2, 0.25) is 0 Å². The highest BCUT2D eigenvalue weighted by Crippen LogP contribution is 2.09. The van der Waals surface area contributed by atoms with E-state index in [9.17, 15) is 28.0 Å². The highest BCUT2D eigenvalue weighted by Gasteiger charge is 2.15. The average Bonchev–Trinajstić information content (AvgIpc) is 2.58. The molecule has 0 atom stereocenters. The number of ether oxygens (including phenoxy) is 2. The van der Waals surface area contributed by atoms with Crippen molar-refractivity contribution in [3.05, 3.63) is 35.4 Å². The maximum Gasteiger partial charge on any atom is 0.325 e. The van der Waals surface area contributed by atoms with Crippen LogP contribution in [0.5, 0.6) is 0 Å². The Morgan fingerprint density at radius 3 is 2.50 bits per heavy atom. The molecule has 4 amide bonds. The molecule has 0 fully saturated rings. The Hall–Kier alpha value is -3.08. The summed E-state index contributed by atoms with van der Waals surface area (Å²) >= 11 is 0. The van der Waals surface area contributed by atoms with Gasteiger partial charge in [-0.1, -0.05) is 0 Å². The molecule has 9 nitrogen and oxygen atoms in total. The molecule has 0 aromatic heterocycles. The Labute approximate surface area is 147 Å². The van der Waals surface area contributed by atoms with E-state index in [0.29, 0.717) is 6.07 Å². The first-order valence-electron chi connectivity index (χ1n) is 7.29. The van der Waals surface area contributed by atoms with E-state index in [2.05, 4.69) is 15.4 Å². The third-order valence-corrected chi connectivity index (χ3v) is 2.78. The Bertz CT molecular complexity index is 683. The van der Waals surface area contributed by atoms with Gasteiger partial charge >= 0.3 is 12.0 Å². The summed E-state index contributed by atoms with van der Waals surface area (Å²) in [4.78, 5) is 45.7. The predicted octanol–water partition coefficient (Wildman–Crippen LogP) is -0.290. The first-order chi connectivity index (χ1) is 12.3. The molecule has 3 N–H and O–H groups in total. The summed E-state index contributed by atoms with van der Waals surface area (Å²) in [6, 6.07) is 1.54. The monoisotopic (exact) mass is 373 g/mol. The van der Waals surface area contributed by atoms with Crippen molar-refractivity contribution in [1.82, 2.24) is 16.0 Å². The standard InChI is InChI=1S/C15H17F2N3O6/c1-25-5-4-18-15(24)20-12(21)8-26-13(22)7-19-14(23)10-3-2-9(16)6-11(10)17/h2-3,6H,4-5,7-8H2,1H3,(H,19,23)(H2,18,20,21,24). The van der Waals surface area contributed by atoms with Crippen LogP contribution in [0.15, 0.2) is 18.2 Å². The molecule has 142 valence electrons. The summed E-state index contributed by atoms with van der Waals surface area (Å²) in [6.45, 7) is -0.966. The molecule has 0 saturated carbocycles. The molecule has 1 aromatic rings.